The van der Waals surface area contributed by atoms with Crippen molar-refractivity contribution >= 4 is 21.2 Å². The summed E-state index contributed by atoms with van der Waals surface area (Å²) in [5.74, 6) is 0.303. The average molecular weight is 280 g/mol. The standard InChI is InChI=1S/C12H16N4O2S/c13-10-7-14-12-9(6-15-16(12)8-10)5-11-3-1-2-4-19(11,17)18/h6-8,11H,1-5,13H2. The SMILES string of the molecule is Nc1cnc2c(CC3CCCCS3(=O)=O)cnn2c1. The molecule has 6 nitrogen and oxygen atoms in total. The molecular weight excluding hydrogens is 264 g/mol. The highest BCUT2D eigenvalue weighted by Crippen LogP contribution is 2.24. The number of nitrogens with zero attached hydrogens (tertiary/aromatic N) is 3. The second-order valence-corrected chi connectivity index (χ2v) is 7.41. The summed E-state index contributed by atoms with van der Waals surface area (Å²) in [5.41, 5.74) is 7.74. The molecule has 1 aliphatic heterocycles. The molecule has 7 heteroatoms. The van der Waals surface area contributed by atoms with E-state index in [0.29, 0.717) is 23.5 Å². The van der Waals surface area contributed by atoms with Crippen molar-refractivity contribution in [1.29, 1.82) is 0 Å². The Kier molecular flexibility index (Phi) is 2.93. The van der Waals surface area contributed by atoms with Gasteiger partial charge in [0.25, 0.3) is 0 Å². The van der Waals surface area contributed by atoms with Crippen molar-refractivity contribution in [3.63, 3.8) is 0 Å². The summed E-state index contributed by atoms with van der Waals surface area (Å²) in [6, 6.07) is 0. The van der Waals surface area contributed by atoms with E-state index in [4.69, 9.17) is 5.73 Å². The Balaban J connectivity index is 1.93. The van der Waals surface area contributed by atoms with Crippen molar-refractivity contribution in [2.45, 2.75) is 30.9 Å². The van der Waals surface area contributed by atoms with Gasteiger partial charge in [-0.3, -0.25) is 0 Å². The Morgan fingerprint density at radius 2 is 2.21 bits per heavy atom. The number of fused-ring (bicyclic) bond motifs is 1. The van der Waals surface area contributed by atoms with Gasteiger partial charge in [0.15, 0.2) is 15.5 Å². The van der Waals surface area contributed by atoms with Crippen LogP contribution in [0.3, 0.4) is 0 Å². The van der Waals surface area contributed by atoms with Crippen molar-refractivity contribution in [2.24, 2.45) is 0 Å². The molecule has 2 aromatic heterocycles. The lowest BCUT2D eigenvalue weighted by Gasteiger charge is -2.21. The zero-order chi connectivity index (χ0) is 13.5. The number of anilines is 1. The third-order valence-electron chi connectivity index (χ3n) is 3.61. The molecule has 3 rings (SSSR count). The molecule has 2 N–H and O–H groups in total. The van der Waals surface area contributed by atoms with Gasteiger partial charge < -0.3 is 5.73 Å². The van der Waals surface area contributed by atoms with Gasteiger partial charge in [-0.25, -0.2) is 17.9 Å². The quantitative estimate of drug-likeness (QED) is 0.879. The van der Waals surface area contributed by atoms with Crippen molar-refractivity contribution in [3.8, 4) is 0 Å². The van der Waals surface area contributed by atoms with Crippen LogP contribution in [0, 0.1) is 0 Å². The van der Waals surface area contributed by atoms with Gasteiger partial charge in [-0.1, -0.05) is 6.42 Å². The fraction of sp³-hybridized carbons (Fsp3) is 0.500. The van der Waals surface area contributed by atoms with Crippen LogP contribution in [0.4, 0.5) is 5.69 Å². The third-order valence-corrected chi connectivity index (χ3v) is 5.89. The van der Waals surface area contributed by atoms with Crippen LogP contribution in [0.2, 0.25) is 0 Å². The molecule has 0 bridgehead atoms. The Labute approximate surface area is 111 Å². The summed E-state index contributed by atoms with van der Waals surface area (Å²) in [6.07, 6.45) is 7.91. The number of hydrogen-bond donors (Lipinski definition) is 1. The zero-order valence-electron chi connectivity index (χ0n) is 10.5. The number of hydrogen-bond acceptors (Lipinski definition) is 5. The van der Waals surface area contributed by atoms with Crippen LogP contribution in [0.15, 0.2) is 18.6 Å². The molecule has 1 aliphatic rings. The molecule has 0 saturated carbocycles. The molecular formula is C12H16N4O2S. The van der Waals surface area contributed by atoms with E-state index in [-0.39, 0.29) is 5.25 Å². The minimum absolute atomic E-state index is 0.298. The van der Waals surface area contributed by atoms with Gasteiger partial charge in [0, 0.05) is 5.56 Å². The first-order valence-corrected chi connectivity index (χ1v) is 8.07. The molecule has 19 heavy (non-hydrogen) atoms. The van der Waals surface area contributed by atoms with Gasteiger partial charge in [0.1, 0.15) is 0 Å². The van der Waals surface area contributed by atoms with Crippen LogP contribution in [0.1, 0.15) is 24.8 Å². The minimum atomic E-state index is -2.97. The largest absolute Gasteiger partial charge is 0.396 e. The Morgan fingerprint density at radius 3 is 3.00 bits per heavy atom. The van der Waals surface area contributed by atoms with Crippen LogP contribution in [0.25, 0.3) is 5.65 Å². The molecule has 1 saturated heterocycles. The van der Waals surface area contributed by atoms with Gasteiger partial charge in [0.2, 0.25) is 0 Å². The molecule has 2 aromatic rings. The molecule has 0 aliphatic carbocycles. The zero-order valence-corrected chi connectivity index (χ0v) is 11.3. The van der Waals surface area contributed by atoms with Crippen LogP contribution >= 0.6 is 0 Å². The molecule has 0 spiro atoms. The fourth-order valence-corrected chi connectivity index (χ4v) is 4.48. The predicted octanol–water partition coefficient (Wildman–Crippen LogP) is 0.821. The number of nitrogen functional groups attached to an aromatic ring is 1. The summed E-state index contributed by atoms with van der Waals surface area (Å²) < 4.78 is 25.7. The maximum Gasteiger partial charge on any atom is 0.158 e. The molecule has 0 amide bonds. The Morgan fingerprint density at radius 1 is 1.37 bits per heavy atom. The van der Waals surface area contributed by atoms with E-state index in [9.17, 15) is 8.42 Å². The molecule has 0 aromatic carbocycles. The molecule has 102 valence electrons. The maximum atomic E-state index is 12.0. The van der Waals surface area contributed by atoms with E-state index in [2.05, 4.69) is 10.1 Å². The normalized spacial score (nSPS) is 22.6. The van der Waals surface area contributed by atoms with Crippen molar-refractivity contribution in [2.75, 3.05) is 11.5 Å². The van der Waals surface area contributed by atoms with E-state index in [0.717, 1.165) is 24.8 Å². The number of rotatable bonds is 2. The molecule has 1 unspecified atom stereocenters. The smallest absolute Gasteiger partial charge is 0.158 e. The Bertz CT molecular complexity index is 708. The molecule has 1 fully saturated rings. The van der Waals surface area contributed by atoms with E-state index in [1.54, 1.807) is 23.1 Å². The Hall–Kier alpha value is -1.63. The first-order chi connectivity index (χ1) is 9.06. The lowest BCUT2D eigenvalue weighted by Crippen LogP contribution is -2.30. The first kappa shape index (κ1) is 12.4. The summed E-state index contributed by atoms with van der Waals surface area (Å²) >= 11 is 0. The number of nitrogens with two attached hydrogens (primary N) is 1. The summed E-state index contributed by atoms with van der Waals surface area (Å²) in [6.45, 7) is 0. The summed E-state index contributed by atoms with van der Waals surface area (Å²) in [4.78, 5) is 4.23. The molecule has 0 radical (unpaired) electrons. The number of sulfone groups is 1. The molecule has 3 heterocycles. The van der Waals surface area contributed by atoms with Gasteiger partial charge in [-0.05, 0) is 19.3 Å². The summed E-state index contributed by atoms with van der Waals surface area (Å²) in [5, 5.41) is 3.87. The highest BCUT2D eigenvalue weighted by atomic mass is 32.2. The van der Waals surface area contributed by atoms with Gasteiger partial charge in [-0.15, -0.1) is 0 Å². The van der Waals surface area contributed by atoms with Gasteiger partial charge in [0.05, 0.1) is 35.3 Å². The lowest BCUT2D eigenvalue weighted by molar-refractivity contribution is 0.538. The van der Waals surface area contributed by atoms with E-state index >= 15 is 0 Å². The molecule has 1 atom stereocenters. The highest BCUT2D eigenvalue weighted by Gasteiger charge is 2.29. The monoisotopic (exact) mass is 280 g/mol. The average Bonchev–Trinajstić information content (AvgIpc) is 2.74. The maximum absolute atomic E-state index is 12.0. The van der Waals surface area contributed by atoms with Crippen LogP contribution in [-0.4, -0.2) is 34.0 Å². The topological polar surface area (TPSA) is 90.3 Å². The van der Waals surface area contributed by atoms with Gasteiger partial charge in [-0.2, -0.15) is 5.10 Å². The first-order valence-electron chi connectivity index (χ1n) is 6.35. The fourth-order valence-electron chi connectivity index (χ4n) is 2.58. The second-order valence-electron chi connectivity index (χ2n) is 5.01. The van der Waals surface area contributed by atoms with E-state index < -0.39 is 9.84 Å². The van der Waals surface area contributed by atoms with Crippen LogP contribution in [-0.2, 0) is 16.3 Å². The minimum Gasteiger partial charge on any atom is -0.396 e. The van der Waals surface area contributed by atoms with Gasteiger partial charge >= 0.3 is 0 Å². The van der Waals surface area contributed by atoms with E-state index in [1.165, 1.54) is 0 Å². The van der Waals surface area contributed by atoms with Crippen LogP contribution < -0.4 is 5.73 Å². The number of aromatic nitrogens is 3. The third kappa shape index (κ3) is 2.30. The van der Waals surface area contributed by atoms with Crippen LogP contribution in [0.5, 0.6) is 0 Å². The van der Waals surface area contributed by atoms with Crippen molar-refractivity contribution < 1.29 is 8.42 Å². The lowest BCUT2D eigenvalue weighted by atomic mass is 10.1. The van der Waals surface area contributed by atoms with Crippen molar-refractivity contribution in [1.82, 2.24) is 14.6 Å². The van der Waals surface area contributed by atoms with E-state index in [1.807, 2.05) is 0 Å². The highest BCUT2D eigenvalue weighted by molar-refractivity contribution is 7.92. The summed E-state index contributed by atoms with van der Waals surface area (Å²) in [7, 11) is -2.97. The predicted molar refractivity (Wildman–Crippen MR) is 72.5 cm³/mol. The second kappa shape index (κ2) is 4.48. The van der Waals surface area contributed by atoms with Crippen molar-refractivity contribution in [3.05, 3.63) is 24.2 Å².